The Hall–Kier alpha value is -1.28. The number of halogens is 1. The summed E-state index contributed by atoms with van der Waals surface area (Å²) in [6.07, 6.45) is 2.16. The van der Waals surface area contributed by atoms with Gasteiger partial charge < -0.3 is 16.0 Å². The molecule has 1 aromatic heterocycles. The van der Waals surface area contributed by atoms with Crippen molar-refractivity contribution in [1.82, 2.24) is 10.6 Å². The summed E-state index contributed by atoms with van der Waals surface area (Å²) in [5.41, 5.74) is 1.17. The van der Waals surface area contributed by atoms with Crippen LogP contribution >= 0.6 is 35.3 Å². The first-order valence-corrected chi connectivity index (χ1v) is 9.41. The third kappa shape index (κ3) is 9.11. The fraction of sp³-hybridized carbons (Fsp3) is 0.421. The Balaban J connectivity index is 0.00000312. The smallest absolute Gasteiger partial charge is 0.190 e. The Morgan fingerprint density at radius 2 is 1.88 bits per heavy atom. The van der Waals surface area contributed by atoms with Crippen molar-refractivity contribution in [3.63, 3.8) is 0 Å². The molecule has 0 aliphatic heterocycles. The number of benzene rings is 1. The molecule has 0 bridgehead atoms. The van der Waals surface area contributed by atoms with Gasteiger partial charge in [-0.05, 0) is 42.3 Å². The number of hydrogen-bond acceptors (Lipinski definition) is 3. The minimum atomic E-state index is 0. The van der Waals surface area contributed by atoms with Gasteiger partial charge >= 0.3 is 0 Å². The minimum absolute atomic E-state index is 0. The quantitative estimate of drug-likeness (QED) is 0.222. The summed E-state index contributed by atoms with van der Waals surface area (Å²) in [6, 6.07) is 14.6. The number of aliphatic imine (C=N–C) groups is 1. The van der Waals surface area contributed by atoms with E-state index in [1.165, 1.54) is 10.6 Å². The largest absolute Gasteiger partial charge is 0.385 e. The van der Waals surface area contributed by atoms with Gasteiger partial charge in [0.15, 0.2) is 5.96 Å². The van der Waals surface area contributed by atoms with Crippen LogP contribution in [0, 0.1) is 5.92 Å². The molecular formula is C19H29IN4S. The molecule has 0 spiro atoms. The van der Waals surface area contributed by atoms with E-state index in [4.69, 9.17) is 0 Å². The van der Waals surface area contributed by atoms with Gasteiger partial charge in [-0.2, -0.15) is 0 Å². The molecule has 1 atom stereocenters. The van der Waals surface area contributed by atoms with Crippen LogP contribution in [0.5, 0.6) is 0 Å². The van der Waals surface area contributed by atoms with Crippen molar-refractivity contribution in [2.75, 3.05) is 32.0 Å². The summed E-state index contributed by atoms with van der Waals surface area (Å²) in [6.45, 7) is 5.05. The highest BCUT2D eigenvalue weighted by Gasteiger charge is 2.05. The average Bonchev–Trinajstić information content (AvgIpc) is 3.11. The van der Waals surface area contributed by atoms with E-state index in [0.717, 1.165) is 38.4 Å². The van der Waals surface area contributed by atoms with Crippen LogP contribution in [-0.4, -0.2) is 32.6 Å². The number of hydrogen-bond donors (Lipinski definition) is 3. The number of guanidine groups is 1. The molecule has 1 unspecified atom stereocenters. The zero-order valence-electron chi connectivity index (χ0n) is 15.0. The molecule has 0 amide bonds. The Labute approximate surface area is 172 Å². The summed E-state index contributed by atoms with van der Waals surface area (Å²) in [5, 5.41) is 12.3. The predicted molar refractivity (Wildman–Crippen MR) is 122 cm³/mol. The van der Waals surface area contributed by atoms with Gasteiger partial charge in [0.2, 0.25) is 0 Å². The van der Waals surface area contributed by atoms with Gasteiger partial charge in [-0.3, -0.25) is 4.99 Å². The van der Waals surface area contributed by atoms with Crippen molar-refractivity contribution in [2.45, 2.75) is 19.8 Å². The second-order valence-electron chi connectivity index (χ2n) is 5.91. The van der Waals surface area contributed by atoms with Gasteiger partial charge in [0, 0.05) is 37.2 Å². The molecule has 138 valence electrons. The molecule has 4 nitrogen and oxygen atoms in total. The molecular weight excluding hydrogens is 443 g/mol. The Kier molecular flexibility index (Phi) is 11.3. The van der Waals surface area contributed by atoms with Crippen molar-refractivity contribution < 1.29 is 0 Å². The minimum Gasteiger partial charge on any atom is -0.385 e. The van der Waals surface area contributed by atoms with Crippen LogP contribution in [0.25, 0.3) is 0 Å². The first kappa shape index (κ1) is 21.8. The SMILES string of the molecule is CN=C(NCCCNc1ccccc1)NCC(C)Cc1cccs1.I. The van der Waals surface area contributed by atoms with E-state index < -0.39 is 0 Å². The van der Waals surface area contributed by atoms with E-state index in [1.807, 2.05) is 36.6 Å². The Morgan fingerprint density at radius 3 is 2.56 bits per heavy atom. The lowest BCUT2D eigenvalue weighted by Gasteiger charge is -2.15. The highest BCUT2D eigenvalue weighted by atomic mass is 127. The number of nitrogens with one attached hydrogen (secondary N) is 3. The highest BCUT2D eigenvalue weighted by molar-refractivity contribution is 14.0. The maximum Gasteiger partial charge on any atom is 0.190 e. The molecule has 1 aromatic carbocycles. The molecule has 1 heterocycles. The van der Waals surface area contributed by atoms with Crippen LogP contribution in [0.3, 0.4) is 0 Å². The molecule has 2 rings (SSSR count). The monoisotopic (exact) mass is 472 g/mol. The van der Waals surface area contributed by atoms with Gasteiger partial charge in [-0.15, -0.1) is 35.3 Å². The highest BCUT2D eigenvalue weighted by Crippen LogP contribution is 2.13. The topological polar surface area (TPSA) is 48.5 Å². The van der Waals surface area contributed by atoms with E-state index in [1.54, 1.807) is 0 Å². The van der Waals surface area contributed by atoms with Crippen molar-refractivity contribution in [3.8, 4) is 0 Å². The summed E-state index contributed by atoms with van der Waals surface area (Å²) in [7, 11) is 1.82. The maximum absolute atomic E-state index is 4.29. The number of rotatable bonds is 9. The first-order chi connectivity index (χ1) is 11.8. The van der Waals surface area contributed by atoms with Crippen LogP contribution in [0.4, 0.5) is 5.69 Å². The van der Waals surface area contributed by atoms with Crippen LogP contribution in [0.15, 0.2) is 52.8 Å². The van der Waals surface area contributed by atoms with Crippen molar-refractivity contribution in [2.24, 2.45) is 10.9 Å². The van der Waals surface area contributed by atoms with E-state index >= 15 is 0 Å². The van der Waals surface area contributed by atoms with E-state index in [9.17, 15) is 0 Å². The lowest BCUT2D eigenvalue weighted by atomic mass is 10.1. The third-order valence-corrected chi connectivity index (χ3v) is 4.62. The van der Waals surface area contributed by atoms with Gasteiger partial charge in [-0.25, -0.2) is 0 Å². The molecule has 0 saturated carbocycles. The molecule has 0 radical (unpaired) electrons. The predicted octanol–water partition coefficient (Wildman–Crippen LogP) is 4.21. The maximum atomic E-state index is 4.29. The summed E-state index contributed by atoms with van der Waals surface area (Å²) >= 11 is 1.83. The van der Waals surface area contributed by atoms with Gasteiger partial charge in [0.25, 0.3) is 0 Å². The zero-order valence-corrected chi connectivity index (χ0v) is 18.1. The molecule has 25 heavy (non-hydrogen) atoms. The van der Waals surface area contributed by atoms with E-state index in [2.05, 4.69) is 57.5 Å². The summed E-state index contributed by atoms with van der Waals surface area (Å²) < 4.78 is 0. The fourth-order valence-corrected chi connectivity index (χ4v) is 3.29. The van der Waals surface area contributed by atoms with E-state index in [0.29, 0.717) is 5.92 Å². The normalized spacial score (nSPS) is 12.2. The molecule has 0 aliphatic rings. The number of para-hydroxylation sites is 1. The zero-order chi connectivity index (χ0) is 17.0. The molecule has 3 N–H and O–H groups in total. The number of nitrogens with zero attached hydrogens (tertiary/aromatic N) is 1. The van der Waals surface area contributed by atoms with Crippen molar-refractivity contribution >= 4 is 47.0 Å². The Morgan fingerprint density at radius 1 is 1.08 bits per heavy atom. The van der Waals surface area contributed by atoms with Gasteiger partial charge in [-0.1, -0.05) is 31.2 Å². The van der Waals surface area contributed by atoms with Crippen LogP contribution in [0.1, 0.15) is 18.2 Å². The second kappa shape index (κ2) is 13.0. The van der Waals surface area contributed by atoms with Gasteiger partial charge in [0.05, 0.1) is 0 Å². The van der Waals surface area contributed by atoms with Crippen LogP contribution in [-0.2, 0) is 6.42 Å². The van der Waals surface area contributed by atoms with Crippen LogP contribution in [0.2, 0.25) is 0 Å². The lowest BCUT2D eigenvalue weighted by molar-refractivity contribution is 0.561. The van der Waals surface area contributed by atoms with Crippen molar-refractivity contribution in [1.29, 1.82) is 0 Å². The van der Waals surface area contributed by atoms with E-state index in [-0.39, 0.29) is 24.0 Å². The fourth-order valence-electron chi connectivity index (χ4n) is 2.42. The standard InChI is InChI=1S/C19H28N4S.HI/c1-16(14-18-10-6-13-24-18)15-23-19(20-2)22-12-7-11-21-17-8-4-3-5-9-17;/h3-6,8-10,13,16,21H,7,11-12,14-15H2,1-2H3,(H2,20,22,23);1H. The summed E-state index contributed by atoms with van der Waals surface area (Å²) in [4.78, 5) is 5.73. The number of anilines is 1. The number of thiophene rings is 1. The average molecular weight is 472 g/mol. The molecule has 2 aromatic rings. The van der Waals surface area contributed by atoms with Crippen LogP contribution < -0.4 is 16.0 Å². The first-order valence-electron chi connectivity index (χ1n) is 8.53. The second-order valence-corrected chi connectivity index (χ2v) is 6.95. The molecule has 0 fully saturated rings. The summed E-state index contributed by atoms with van der Waals surface area (Å²) in [5.74, 6) is 1.47. The third-order valence-electron chi connectivity index (χ3n) is 3.72. The van der Waals surface area contributed by atoms with Gasteiger partial charge in [0.1, 0.15) is 0 Å². The Bertz CT molecular complexity index is 587. The van der Waals surface area contributed by atoms with Crippen molar-refractivity contribution in [3.05, 3.63) is 52.7 Å². The molecule has 6 heteroatoms. The lowest BCUT2D eigenvalue weighted by Crippen LogP contribution is -2.40. The molecule has 0 aliphatic carbocycles. The molecule has 0 saturated heterocycles.